The standard InChI is InChI=1S/C17H17F3N2O3S/c1-21(14-6-4-3-5-7-14)16(23)12-22(26(2,24)25)15-10-8-13(9-11-15)17(18,19)20/h3-11H,12H2,1-2H3. The number of para-hydroxylation sites is 1. The van der Waals surface area contributed by atoms with Crippen LogP contribution in [-0.4, -0.2) is 34.2 Å². The summed E-state index contributed by atoms with van der Waals surface area (Å²) in [6.07, 6.45) is -3.64. The summed E-state index contributed by atoms with van der Waals surface area (Å²) in [5.74, 6) is -0.526. The molecule has 26 heavy (non-hydrogen) atoms. The molecule has 0 unspecified atom stereocenters. The third-order valence-electron chi connectivity index (χ3n) is 3.68. The number of carbonyl (C=O) groups excluding carboxylic acids is 1. The van der Waals surface area contributed by atoms with Gasteiger partial charge in [0.2, 0.25) is 15.9 Å². The molecule has 2 rings (SSSR count). The fraction of sp³-hybridized carbons (Fsp3) is 0.235. The van der Waals surface area contributed by atoms with Crippen LogP contribution in [0.2, 0.25) is 0 Å². The predicted molar refractivity (Wildman–Crippen MR) is 93.5 cm³/mol. The van der Waals surface area contributed by atoms with Gasteiger partial charge in [-0.1, -0.05) is 18.2 Å². The van der Waals surface area contributed by atoms with E-state index in [1.807, 2.05) is 0 Å². The van der Waals surface area contributed by atoms with Crippen molar-refractivity contribution in [1.82, 2.24) is 0 Å². The number of carbonyl (C=O) groups is 1. The summed E-state index contributed by atoms with van der Waals surface area (Å²) in [5, 5.41) is 0. The van der Waals surface area contributed by atoms with Crippen LogP contribution in [0.4, 0.5) is 24.5 Å². The topological polar surface area (TPSA) is 57.7 Å². The summed E-state index contributed by atoms with van der Waals surface area (Å²) < 4.78 is 62.9. The van der Waals surface area contributed by atoms with Gasteiger partial charge in [-0.15, -0.1) is 0 Å². The first kappa shape index (κ1) is 19.8. The van der Waals surface area contributed by atoms with E-state index in [1.165, 1.54) is 11.9 Å². The molecule has 5 nitrogen and oxygen atoms in total. The van der Waals surface area contributed by atoms with Gasteiger partial charge in [-0.05, 0) is 36.4 Å². The van der Waals surface area contributed by atoms with Gasteiger partial charge in [0.05, 0.1) is 17.5 Å². The summed E-state index contributed by atoms with van der Waals surface area (Å²) >= 11 is 0. The van der Waals surface area contributed by atoms with Gasteiger partial charge in [0.25, 0.3) is 0 Å². The number of halogens is 3. The molecular formula is C17H17F3N2O3S. The second kappa shape index (κ2) is 7.36. The summed E-state index contributed by atoms with van der Waals surface area (Å²) in [4.78, 5) is 13.7. The molecule has 0 aliphatic carbocycles. The van der Waals surface area contributed by atoms with Gasteiger partial charge < -0.3 is 4.90 Å². The van der Waals surface area contributed by atoms with E-state index in [9.17, 15) is 26.4 Å². The smallest absolute Gasteiger partial charge is 0.314 e. The van der Waals surface area contributed by atoms with Crippen molar-refractivity contribution in [2.75, 3.05) is 29.1 Å². The van der Waals surface area contributed by atoms with Gasteiger partial charge in [0, 0.05) is 12.7 Å². The van der Waals surface area contributed by atoms with Gasteiger partial charge in [-0.3, -0.25) is 9.10 Å². The lowest BCUT2D eigenvalue weighted by molar-refractivity contribution is -0.137. The predicted octanol–water partition coefficient (Wildman–Crippen LogP) is 3.13. The lowest BCUT2D eigenvalue weighted by atomic mass is 10.2. The average molecular weight is 386 g/mol. The van der Waals surface area contributed by atoms with E-state index >= 15 is 0 Å². The SMILES string of the molecule is CN(C(=O)CN(c1ccc(C(F)(F)F)cc1)S(C)(=O)=O)c1ccccc1. The average Bonchev–Trinajstić information content (AvgIpc) is 2.58. The van der Waals surface area contributed by atoms with E-state index in [0.717, 1.165) is 34.8 Å². The van der Waals surface area contributed by atoms with Gasteiger partial charge in [-0.2, -0.15) is 13.2 Å². The van der Waals surface area contributed by atoms with E-state index < -0.39 is 34.2 Å². The normalized spacial score (nSPS) is 11.9. The summed E-state index contributed by atoms with van der Waals surface area (Å²) in [5.41, 5.74) is -0.351. The van der Waals surface area contributed by atoms with Crippen molar-refractivity contribution in [3.63, 3.8) is 0 Å². The molecule has 0 aromatic heterocycles. The Labute approximate surface area is 149 Å². The first-order chi connectivity index (χ1) is 12.0. The lowest BCUT2D eigenvalue weighted by Gasteiger charge is -2.25. The van der Waals surface area contributed by atoms with Gasteiger partial charge in [-0.25, -0.2) is 8.42 Å². The molecule has 0 aliphatic rings. The number of alkyl halides is 3. The van der Waals surface area contributed by atoms with Crippen LogP contribution in [0.25, 0.3) is 0 Å². The zero-order valence-electron chi connectivity index (χ0n) is 14.1. The number of hydrogen-bond donors (Lipinski definition) is 0. The van der Waals surface area contributed by atoms with E-state index in [-0.39, 0.29) is 5.69 Å². The van der Waals surface area contributed by atoms with E-state index in [4.69, 9.17) is 0 Å². The first-order valence-electron chi connectivity index (χ1n) is 7.47. The molecule has 0 saturated carbocycles. The third kappa shape index (κ3) is 4.75. The zero-order valence-corrected chi connectivity index (χ0v) is 14.9. The Kier molecular flexibility index (Phi) is 5.60. The van der Waals surface area contributed by atoms with Crippen molar-refractivity contribution < 1.29 is 26.4 Å². The van der Waals surface area contributed by atoms with Crippen molar-refractivity contribution in [1.29, 1.82) is 0 Å². The highest BCUT2D eigenvalue weighted by Gasteiger charge is 2.31. The minimum Gasteiger partial charge on any atom is -0.314 e. The Morgan fingerprint density at radius 3 is 1.96 bits per heavy atom. The van der Waals surface area contributed by atoms with Crippen LogP contribution < -0.4 is 9.21 Å². The molecule has 2 aromatic rings. The van der Waals surface area contributed by atoms with Crippen molar-refractivity contribution in [3.05, 3.63) is 60.2 Å². The van der Waals surface area contributed by atoms with E-state index in [0.29, 0.717) is 5.69 Å². The maximum atomic E-state index is 12.7. The summed E-state index contributed by atoms with van der Waals surface area (Å²) in [6.45, 7) is -0.532. The molecular weight excluding hydrogens is 369 g/mol. The molecule has 0 radical (unpaired) electrons. The highest BCUT2D eigenvalue weighted by atomic mass is 32.2. The molecule has 9 heteroatoms. The van der Waals surface area contributed by atoms with Crippen molar-refractivity contribution >= 4 is 27.3 Å². The second-order valence-corrected chi connectivity index (χ2v) is 7.51. The van der Waals surface area contributed by atoms with Gasteiger partial charge >= 0.3 is 6.18 Å². The largest absolute Gasteiger partial charge is 0.416 e. The van der Waals surface area contributed by atoms with Crippen LogP contribution in [-0.2, 0) is 21.0 Å². The molecule has 1 amide bonds. The number of hydrogen-bond acceptors (Lipinski definition) is 3. The van der Waals surface area contributed by atoms with Gasteiger partial charge in [0.1, 0.15) is 6.54 Å². The fourth-order valence-electron chi connectivity index (χ4n) is 2.24. The molecule has 0 atom stereocenters. The summed E-state index contributed by atoms with van der Waals surface area (Å²) in [6, 6.07) is 12.2. The number of sulfonamides is 1. The number of anilines is 2. The Bertz CT molecular complexity index is 866. The van der Waals surface area contributed by atoms with Crippen LogP contribution >= 0.6 is 0 Å². The Balaban J connectivity index is 2.27. The molecule has 0 N–H and O–H groups in total. The highest BCUT2D eigenvalue weighted by molar-refractivity contribution is 7.92. The molecule has 0 fully saturated rings. The fourth-order valence-corrected chi connectivity index (χ4v) is 3.09. The van der Waals surface area contributed by atoms with Crippen LogP contribution in [0.3, 0.4) is 0 Å². The minimum atomic E-state index is -4.53. The molecule has 0 bridgehead atoms. The summed E-state index contributed by atoms with van der Waals surface area (Å²) in [7, 11) is -2.38. The van der Waals surface area contributed by atoms with Gasteiger partial charge in [0.15, 0.2) is 0 Å². The molecule has 0 saturated heterocycles. The minimum absolute atomic E-state index is 0.0182. The molecule has 2 aromatic carbocycles. The molecule has 0 spiro atoms. The number of benzene rings is 2. The van der Waals surface area contributed by atoms with Crippen molar-refractivity contribution in [2.45, 2.75) is 6.18 Å². The van der Waals surface area contributed by atoms with E-state index in [2.05, 4.69) is 0 Å². The zero-order chi connectivity index (χ0) is 19.5. The number of amides is 1. The number of rotatable bonds is 5. The lowest BCUT2D eigenvalue weighted by Crippen LogP contribution is -2.41. The third-order valence-corrected chi connectivity index (χ3v) is 4.82. The van der Waals surface area contributed by atoms with Crippen molar-refractivity contribution in [3.8, 4) is 0 Å². The Hall–Kier alpha value is -2.55. The van der Waals surface area contributed by atoms with Crippen LogP contribution in [0.5, 0.6) is 0 Å². The Morgan fingerprint density at radius 1 is 0.962 bits per heavy atom. The molecule has 0 aliphatic heterocycles. The second-order valence-electron chi connectivity index (χ2n) is 5.60. The number of likely N-dealkylation sites (N-methyl/N-ethyl adjacent to an activating group) is 1. The van der Waals surface area contributed by atoms with Crippen molar-refractivity contribution in [2.24, 2.45) is 0 Å². The number of nitrogens with zero attached hydrogens (tertiary/aromatic N) is 2. The van der Waals surface area contributed by atoms with Crippen LogP contribution in [0.15, 0.2) is 54.6 Å². The maximum Gasteiger partial charge on any atom is 0.416 e. The molecule has 140 valence electrons. The Morgan fingerprint density at radius 2 is 1.50 bits per heavy atom. The highest BCUT2D eigenvalue weighted by Crippen LogP contribution is 2.31. The van der Waals surface area contributed by atoms with E-state index in [1.54, 1.807) is 30.3 Å². The quantitative estimate of drug-likeness (QED) is 0.793. The van der Waals surface area contributed by atoms with Crippen LogP contribution in [0, 0.1) is 0 Å². The molecule has 0 heterocycles. The maximum absolute atomic E-state index is 12.7. The first-order valence-corrected chi connectivity index (χ1v) is 9.31. The van der Waals surface area contributed by atoms with Crippen LogP contribution in [0.1, 0.15) is 5.56 Å². The monoisotopic (exact) mass is 386 g/mol.